The maximum atomic E-state index is 14.3. The smallest absolute Gasteiger partial charge is 1.00 e. The second-order valence-electron chi connectivity index (χ2n) is 35.9. The molecule has 20 rings (SSSR count). The molecule has 745 valence electrons. The van der Waals surface area contributed by atoms with Gasteiger partial charge >= 0.3 is 29.6 Å². The summed E-state index contributed by atoms with van der Waals surface area (Å²) in [5, 5.41) is 18.0. The zero-order chi connectivity index (χ0) is 99.1. The summed E-state index contributed by atoms with van der Waals surface area (Å²) in [5.41, 5.74) is 11.4. The van der Waals surface area contributed by atoms with Crippen molar-refractivity contribution in [2.45, 2.75) is 204 Å². The van der Waals surface area contributed by atoms with E-state index < -0.39 is 82.6 Å². The molecule has 2 N–H and O–H groups in total. The van der Waals surface area contributed by atoms with Gasteiger partial charge in [-0.05, 0) is 151 Å². The minimum atomic E-state index is -2.72. The third-order valence-electron chi connectivity index (χ3n) is 26.9. The van der Waals surface area contributed by atoms with E-state index in [2.05, 4.69) is 108 Å². The van der Waals surface area contributed by atoms with Gasteiger partial charge in [0.2, 0.25) is 47.5 Å². The number of halogens is 12. The molecule has 3 unspecified atom stereocenters. The van der Waals surface area contributed by atoms with Gasteiger partial charge in [-0.25, -0.2) is 75.0 Å². The van der Waals surface area contributed by atoms with Crippen molar-refractivity contribution in [1.29, 1.82) is 0 Å². The molecule has 4 aliphatic carbocycles. The minimum absolute atomic E-state index is 0. The van der Waals surface area contributed by atoms with Gasteiger partial charge in [-0.2, -0.15) is 17.6 Å². The van der Waals surface area contributed by atoms with E-state index in [1.807, 2.05) is 140 Å². The molecular formula is C111H111BF12N12NaO7. The number of aldehydes is 1. The summed E-state index contributed by atoms with van der Waals surface area (Å²) in [6.07, 6.45) is 17.8. The maximum absolute atomic E-state index is 14.3. The molecule has 10 heterocycles. The molecule has 33 heteroatoms. The van der Waals surface area contributed by atoms with Crippen LogP contribution in [0.4, 0.5) is 52.7 Å². The van der Waals surface area contributed by atoms with Crippen LogP contribution in [0.3, 0.4) is 0 Å². The number of benzene rings is 6. The number of nitrogens with zero attached hydrogens (tertiary/aromatic N) is 12. The summed E-state index contributed by atoms with van der Waals surface area (Å²) in [4.78, 5) is 90.4. The summed E-state index contributed by atoms with van der Waals surface area (Å²) in [5.74, 6) is -15.1. The van der Waals surface area contributed by atoms with E-state index in [9.17, 15) is 77.0 Å². The molecule has 19 nitrogen and oxygen atoms in total. The standard InChI is InChI=1S/C36H30F3N3O.C28H20FN3O.C17H18F3N3O.C17H16F3N3O.C9H14F2O.C2H4O2.2CH4.B.Na.H/c37-34-19-16-30(31(41-34)17-18-33(43)26-20-22-35(38,39)23-21-26)32-24-42(25-40-32)36(27-10-4-1-5-11-27,28-12-6-2-7-13-28)29-14-8-3-9-15-29;29-27-17-16-24(26(19-33)31-27)25-18-32(20-30-25)28(21-10-4-1-5-11-21,22-12-6-2-7-13-22)23-14-8-3-9-15-23;2*18-15-2-1-11-13-8-21-9-23(13)12(16(11)22-15)7-14(24)10-3-5-17(19,20)6-4-10;1-2-8(12)7-3-5-9(10,11)6-4-7;1-2(3)4;;;;;/h1-19,24-26H,20-23H2;1-20H;1-2,8-10,12,14,24H,3-7H2;1-2,8-10,12H,3-7H2;7H,2-6H2,1H3;1H3,(H,3,4);2*1H4;;;/q;;;;;;;;;+1;-1/b18-17+;;;;;;;;;;. The van der Waals surface area contributed by atoms with Gasteiger partial charge in [-0.3, -0.25) is 24.0 Å². The van der Waals surface area contributed by atoms with Crippen molar-refractivity contribution in [1.82, 2.24) is 58.1 Å². The minimum Gasteiger partial charge on any atom is -1.00 e. The topological polar surface area (TPSA) is 249 Å². The summed E-state index contributed by atoms with van der Waals surface area (Å²) in [7, 11) is 0. The number of carbonyl (C=O) groups excluding carboxylic acids is 4. The number of aliphatic hydroxyl groups excluding tert-OH is 1. The molecule has 144 heavy (non-hydrogen) atoms. The van der Waals surface area contributed by atoms with Gasteiger partial charge in [0, 0.05) is 138 Å². The predicted molar refractivity (Wildman–Crippen MR) is 523 cm³/mol. The van der Waals surface area contributed by atoms with Crippen molar-refractivity contribution >= 4 is 44.1 Å². The quantitative estimate of drug-likeness (QED) is 0.0160. The molecular weight excluding hydrogens is 1880 g/mol. The second-order valence-corrected chi connectivity index (χ2v) is 35.9. The van der Waals surface area contributed by atoms with Crippen LogP contribution in [0.25, 0.3) is 51.1 Å². The van der Waals surface area contributed by atoms with Crippen LogP contribution >= 0.6 is 0 Å². The molecule has 3 radical (unpaired) electrons. The fraction of sp³-hybridized carbons (Fsp3) is 0.324. The zero-order valence-electron chi connectivity index (χ0n) is 79.2. The normalized spacial score (nSPS) is 17.0. The van der Waals surface area contributed by atoms with Gasteiger partial charge in [0.05, 0.1) is 95.7 Å². The number of carboxylic acid groups (broad SMARTS) is 1. The third kappa shape index (κ3) is 25.8. The largest absolute Gasteiger partial charge is 1.00 e. The van der Waals surface area contributed by atoms with Crippen molar-refractivity contribution in [2.24, 2.45) is 23.7 Å². The number of Topliss-reactive ketones (excluding diaryl/α,β-unsaturated/α-hetero) is 2. The molecule has 0 spiro atoms. The Labute approximate surface area is 853 Å². The molecule has 2 aliphatic heterocycles. The summed E-state index contributed by atoms with van der Waals surface area (Å²) >= 11 is 0. The molecule has 8 aromatic heterocycles. The number of ketones is 3. The first kappa shape index (κ1) is 111. The van der Waals surface area contributed by atoms with Crippen molar-refractivity contribution in [3.05, 3.63) is 367 Å². The summed E-state index contributed by atoms with van der Waals surface area (Å²) in [6, 6.07) is 71.9. The molecule has 6 aliphatic rings. The van der Waals surface area contributed by atoms with Gasteiger partial charge in [0.1, 0.15) is 28.3 Å². The number of allylic oxidation sites excluding steroid dienone is 1. The number of rotatable bonds is 22. The number of carboxylic acids is 1. The Bertz CT molecular complexity index is 6440. The monoisotopic (exact) mass is 1990 g/mol. The number of aliphatic hydroxyl groups is 1. The Kier molecular flexibility index (Phi) is 37.8. The van der Waals surface area contributed by atoms with Crippen LogP contribution in [0.1, 0.15) is 225 Å². The van der Waals surface area contributed by atoms with Crippen LogP contribution in [-0.4, -0.2) is 136 Å². The Morgan fingerprint density at radius 3 is 1.09 bits per heavy atom. The zero-order valence-corrected chi connectivity index (χ0v) is 80.2. The molecule has 0 bridgehead atoms. The number of hydrogen-bond acceptors (Lipinski definition) is 14. The van der Waals surface area contributed by atoms with Crippen LogP contribution in [0.5, 0.6) is 0 Å². The Morgan fingerprint density at radius 2 is 0.736 bits per heavy atom. The van der Waals surface area contributed by atoms with Gasteiger partial charge < -0.3 is 29.9 Å². The number of aliphatic carboxylic acids is 1. The molecule has 3 atom stereocenters. The summed E-state index contributed by atoms with van der Waals surface area (Å²) < 4.78 is 168. The van der Waals surface area contributed by atoms with Crippen LogP contribution in [0, 0.1) is 47.5 Å². The van der Waals surface area contributed by atoms with Crippen molar-refractivity contribution in [3.8, 4) is 45.0 Å². The van der Waals surface area contributed by atoms with E-state index in [1.165, 1.54) is 42.5 Å². The number of alkyl halides is 8. The average molecular weight is 1990 g/mol. The first-order valence-electron chi connectivity index (χ1n) is 46.5. The van der Waals surface area contributed by atoms with Crippen molar-refractivity contribution in [3.63, 3.8) is 0 Å². The number of imidazole rings is 4. The number of carbonyl (C=O) groups is 5. The number of pyridine rings is 4. The van der Waals surface area contributed by atoms with Gasteiger partial charge in [0.25, 0.3) is 5.97 Å². The predicted octanol–water partition coefficient (Wildman–Crippen LogP) is 22.3. The van der Waals surface area contributed by atoms with Crippen LogP contribution in [0.2, 0.25) is 0 Å². The molecule has 0 amide bonds. The molecule has 4 saturated carbocycles. The number of hydrogen-bond donors (Lipinski definition) is 2. The first-order chi connectivity index (χ1) is 67.3. The van der Waals surface area contributed by atoms with Gasteiger partial charge in [-0.15, -0.1) is 0 Å². The Morgan fingerprint density at radius 1 is 0.431 bits per heavy atom. The number of aromatic nitrogens is 12. The molecule has 6 aromatic carbocycles. The summed E-state index contributed by atoms with van der Waals surface area (Å²) in [6.45, 7) is 2.87. The van der Waals surface area contributed by atoms with Crippen LogP contribution in [0.15, 0.2) is 287 Å². The first-order valence-corrected chi connectivity index (χ1v) is 46.5. The van der Waals surface area contributed by atoms with E-state index in [-0.39, 0.29) is 190 Å². The Hall–Kier alpha value is -13.2. The molecule has 14 aromatic rings. The second kappa shape index (κ2) is 48.9. The SMILES string of the molecule is C.C.CC(=O)O.CCC(=O)C1CCC(F)(F)CC1.O=C(/C=C/c1nc(F)ccc1-c1cn(C(c2ccccc2)(c2ccccc2)c2ccccc2)cn1)C1CCC(F)(F)CC1.O=C(CC1c2nc(F)ccc2-c2cncn21)C1CCC(F)(F)CC1.O=Cc1nc(F)ccc1-c1cn(C(c2ccccc2)(c2ccccc2)c2ccccc2)cn1.OC(CC1c2nc(F)ccc2-c2cncn21)C1CCC(F)(F)CC1.[B].[H-].[Na+]. The van der Waals surface area contributed by atoms with Crippen LogP contribution < -0.4 is 29.6 Å². The van der Waals surface area contributed by atoms with Gasteiger partial charge in [0.15, 0.2) is 12.1 Å². The maximum Gasteiger partial charge on any atom is 1.00 e. The fourth-order valence-corrected chi connectivity index (χ4v) is 19.7. The van der Waals surface area contributed by atoms with Gasteiger partial charge in [-0.1, -0.05) is 204 Å². The molecule has 0 saturated heterocycles. The average Bonchev–Trinajstić information content (AvgIpc) is 1.73. The van der Waals surface area contributed by atoms with E-state index in [4.69, 9.17) is 14.9 Å². The molecule has 4 fully saturated rings. The van der Waals surface area contributed by atoms with E-state index in [0.717, 1.165) is 62.8 Å². The van der Waals surface area contributed by atoms with E-state index >= 15 is 0 Å². The fourth-order valence-electron chi connectivity index (χ4n) is 19.7. The third-order valence-corrected chi connectivity index (χ3v) is 26.9. The number of fused-ring (bicyclic) bond motifs is 6. The Balaban J connectivity index is 0.000000190. The van der Waals surface area contributed by atoms with E-state index in [1.54, 1.807) is 62.8 Å². The van der Waals surface area contributed by atoms with Crippen molar-refractivity contribution in [2.75, 3.05) is 0 Å². The van der Waals surface area contributed by atoms with Crippen molar-refractivity contribution < 1.29 is 118 Å². The van der Waals surface area contributed by atoms with Crippen LogP contribution in [-0.2, 0) is 30.3 Å². The van der Waals surface area contributed by atoms with E-state index in [0.29, 0.717) is 78.7 Å².